The van der Waals surface area contributed by atoms with Crippen LogP contribution < -0.4 is 0 Å². The summed E-state index contributed by atoms with van der Waals surface area (Å²) in [6.45, 7) is 9.70. The van der Waals surface area contributed by atoms with Crippen molar-refractivity contribution in [3.8, 4) is 0 Å². The molecule has 0 aliphatic rings. The van der Waals surface area contributed by atoms with Gasteiger partial charge in [-0.1, -0.05) is 375 Å². The van der Waals surface area contributed by atoms with Gasteiger partial charge in [-0.15, -0.1) is 0 Å². The highest BCUT2D eigenvalue weighted by Gasteiger charge is 2.30. The van der Waals surface area contributed by atoms with Gasteiger partial charge in [0.1, 0.15) is 19.3 Å². The summed E-state index contributed by atoms with van der Waals surface area (Å²) in [6.07, 6.45) is 62.3. The van der Waals surface area contributed by atoms with Crippen LogP contribution in [0.4, 0.5) is 0 Å². The molecule has 0 aromatic carbocycles. The zero-order valence-corrected chi connectivity index (χ0v) is 67.3. The zero-order chi connectivity index (χ0) is 73.5. The van der Waals surface area contributed by atoms with Crippen LogP contribution in [-0.4, -0.2) is 96.7 Å². The van der Waals surface area contributed by atoms with E-state index in [4.69, 9.17) is 37.0 Å². The molecule has 19 heteroatoms. The lowest BCUT2D eigenvalue weighted by Crippen LogP contribution is -2.30. The maximum atomic E-state index is 13.1. The summed E-state index contributed by atoms with van der Waals surface area (Å²) in [6, 6.07) is 0. The van der Waals surface area contributed by atoms with Crippen LogP contribution in [0.3, 0.4) is 0 Å². The first-order valence-corrected chi connectivity index (χ1v) is 45.0. The lowest BCUT2D eigenvalue weighted by Gasteiger charge is -2.21. The van der Waals surface area contributed by atoms with Crippen molar-refractivity contribution < 1.29 is 80.2 Å². The normalized spacial score (nSPS) is 14.2. The number of rotatable bonds is 80. The molecule has 0 radical (unpaired) electrons. The minimum absolute atomic E-state index is 0.108. The Balaban J connectivity index is 5.21. The molecule has 0 aliphatic carbocycles. The van der Waals surface area contributed by atoms with Crippen molar-refractivity contribution in [1.82, 2.24) is 0 Å². The zero-order valence-electron chi connectivity index (χ0n) is 65.5. The third-order valence-electron chi connectivity index (χ3n) is 19.3. The van der Waals surface area contributed by atoms with Gasteiger partial charge in [0.15, 0.2) is 12.2 Å². The Kier molecular flexibility index (Phi) is 71.2. The molecule has 6 atom stereocenters. The Morgan fingerprint density at radius 1 is 0.290 bits per heavy atom. The van der Waals surface area contributed by atoms with Crippen LogP contribution in [-0.2, 0) is 65.4 Å². The fourth-order valence-corrected chi connectivity index (χ4v) is 14.1. The average molecular weight is 1470 g/mol. The van der Waals surface area contributed by atoms with E-state index in [0.717, 1.165) is 102 Å². The predicted molar refractivity (Wildman–Crippen MR) is 409 cm³/mol. The van der Waals surface area contributed by atoms with Crippen LogP contribution >= 0.6 is 15.6 Å². The Hall–Kier alpha value is -1.94. The third-order valence-corrected chi connectivity index (χ3v) is 21.2. The summed E-state index contributed by atoms with van der Waals surface area (Å²) in [5, 5.41) is 10.6. The highest BCUT2D eigenvalue weighted by Crippen LogP contribution is 2.45. The van der Waals surface area contributed by atoms with Gasteiger partial charge in [-0.3, -0.25) is 37.3 Å². The van der Waals surface area contributed by atoms with E-state index in [2.05, 4.69) is 41.5 Å². The maximum absolute atomic E-state index is 13.1. The van der Waals surface area contributed by atoms with Gasteiger partial charge in [-0.2, -0.15) is 0 Å². The van der Waals surface area contributed by atoms with E-state index in [1.54, 1.807) is 0 Å². The van der Waals surface area contributed by atoms with Crippen LogP contribution in [0.2, 0.25) is 0 Å². The third kappa shape index (κ3) is 73.0. The van der Waals surface area contributed by atoms with E-state index in [-0.39, 0.29) is 25.7 Å². The van der Waals surface area contributed by atoms with Crippen LogP contribution in [0.25, 0.3) is 0 Å². The molecular formula is C81H158O17P2. The minimum Gasteiger partial charge on any atom is -0.462 e. The van der Waals surface area contributed by atoms with Gasteiger partial charge in [-0.25, -0.2) is 9.13 Å². The SMILES string of the molecule is CCCCCCCCCCCCCCCC(=O)O[C@H](COC(=O)CCCCCCCCCCCCCC)COP(=O)(O)OC[C@H](O)COP(=O)(O)OC[C@@H](COC(=O)CCCCCCCCCCCCC(C)C)OC(=O)CCCCCCCCCCCCCCCCCCCCC(C)CC. The van der Waals surface area contributed by atoms with Crippen molar-refractivity contribution in [2.45, 2.75) is 445 Å². The van der Waals surface area contributed by atoms with E-state index in [1.807, 2.05) is 0 Å². The van der Waals surface area contributed by atoms with E-state index < -0.39 is 97.5 Å². The lowest BCUT2D eigenvalue weighted by atomic mass is 9.99. The first kappa shape index (κ1) is 98.1. The fourth-order valence-electron chi connectivity index (χ4n) is 12.5. The van der Waals surface area contributed by atoms with E-state index in [0.29, 0.717) is 25.7 Å². The van der Waals surface area contributed by atoms with Crippen molar-refractivity contribution in [2.24, 2.45) is 11.8 Å². The number of ether oxygens (including phenoxy) is 4. The highest BCUT2D eigenvalue weighted by atomic mass is 31.2. The summed E-state index contributed by atoms with van der Waals surface area (Å²) in [5.74, 6) is -0.477. The van der Waals surface area contributed by atoms with Crippen LogP contribution in [0.5, 0.6) is 0 Å². The molecule has 3 unspecified atom stereocenters. The smallest absolute Gasteiger partial charge is 0.462 e. The van der Waals surface area contributed by atoms with Gasteiger partial charge in [0.05, 0.1) is 26.4 Å². The number of hydrogen-bond donors (Lipinski definition) is 3. The van der Waals surface area contributed by atoms with E-state index in [9.17, 15) is 43.2 Å². The van der Waals surface area contributed by atoms with E-state index >= 15 is 0 Å². The molecule has 0 amide bonds. The summed E-state index contributed by atoms with van der Waals surface area (Å²) in [5.41, 5.74) is 0. The van der Waals surface area contributed by atoms with Crippen LogP contribution in [0.1, 0.15) is 427 Å². The van der Waals surface area contributed by atoms with Gasteiger partial charge < -0.3 is 33.8 Å². The first-order chi connectivity index (χ1) is 48.4. The number of phosphoric ester groups is 2. The average Bonchev–Trinajstić information content (AvgIpc) is 0.918. The molecule has 0 heterocycles. The van der Waals surface area contributed by atoms with Gasteiger partial charge in [-0.05, 0) is 37.5 Å². The number of carbonyl (C=O) groups is 4. The van der Waals surface area contributed by atoms with Crippen molar-refractivity contribution in [3.05, 3.63) is 0 Å². The molecule has 0 bridgehead atoms. The monoisotopic (exact) mass is 1470 g/mol. The number of aliphatic hydroxyl groups is 1. The minimum atomic E-state index is -4.96. The molecular weight excluding hydrogens is 1310 g/mol. The molecule has 0 saturated carbocycles. The predicted octanol–water partition coefficient (Wildman–Crippen LogP) is 24.3. The molecule has 0 aliphatic heterocycles. The lowest BCUT2D eigenvalue weighted by molar-refractivity contribution is -0.161. The quantitative estimate of drug-likeness (QED) is 0.0222. The Labute approximate surface area is 613 Å². The number of carbonyl (C=O) groups excluding carboxylic acids is 4. The molecule has 100 heavy (non-hydrogen) atoms. The standard InChI is InChI=1S/C81H158O17P2/c1-7-10-12-14-16-18-20-28-33-41-47-53-59-65-80(85)97-76(69-91-78(83)63-57-51-45-39-32-21-19-17-15-13-11-8-2)71-95-99(87,88)93-67-75(82)68-94-100(89,90)96-72-77(70-92-79(84)64-58-52-46-40-36-35-37-43-49-55-61-73(4)5)98-81(86)66-60-54-48-42-34-30-27-25-23-22-24-26-29-31-38-44-50-56-62-74(6)9-3/h73-77,82H,7-72H2,1-6H3,(H,87,88)(H,89,90)/t74?,75-,76+,77+/m0/s1. The number of hydrogen-bond acceptors (Lipinski definition) is 15. The summed E-state index contributed by atoms with van der Waals surface area (Å²) in [4.78, 5) is 73.0. The van der Waals surface area contributed by atoms with Gasteiger partial charge in [0.25, 0.3) is 0 Å². The molecule has 0 aromatic heterocycles. The molecule has 0 spiro atoms. The second-order valence-corrected chi connectivity index (χ2v) is 32.8. The molecule has 0 fully saturated rings. The fraction of sp³-hybridized carbons (Fsp3) is 0.951. The summed E-state index contributed by atoms with van der Waals surface area (Å²) >= 11 is 0. The second-order valence-electron chi connectivity index (χ2n) is 29.9. The van der Waals surface area contributed by atoms with Crippen LogP contribution in [0, 0.1) is 11.8 Å². The first-order valence-electron chi connectivity index (χ1n) is 42.0. The number of unbranched alkanes of at least 4 members (excludes halogenated alkanes) is 49. The molecule has 17 nitrogen and oxygen atoms in total. The number of phosphoric acid groups is 2. The molecule has 0 rings (SSSR count). The maximum Gasteiger partial charge on any atom is 0.472 e. The number of aliphatic hydroxyl groups excluding tert-OH is 1. The van der Waals surface area contributed by atoms with Crippen LogP contribution in [0.15, 0.2) is 0 Å². The summed E-state index contributed by atoms with van der Waals surface area (Å²) < 4.78 is 68.7. The molecule has 0 aromatic rings. The van der Waals surface area contributed by atoms with Crippen molar-refractivity contribution >= 4 is 39.5 Å². The van der Waals surface area contributed by atoms with E-state index in [1.165, 1.54) is 244 Å². The Morgan fingerprint density at radius 2 is 0.510 bits per heavy atom. The molecule has 0 saturated heterocycles. The van der Waals surface area contributed by atoms with Crippen molar-refractivity contribution in [2.75, 3.05) is 39.6 Å². The van der Waals surface area contributed by atoms with Crippen molar-refractivity contribution in [3.63, 3.8) is 0 Å². The van der Waals surface area contributed by atoms with Gasteiger partial charge >= 0.3 is 39.5 Å². The molecule has 3 N–H and O–H groups in total. The molecule has 594 valence electrons. The topological polar surface area (TPSA) is 237 Å². The van der Waals surface area contributed by atoms with Gasteiger partial charge in [0.2, 0.25) is 0 Å². The summed E-state index contributed by atoms with van der Waals surface area (Å²) in [7, 11) is -9.92. The second kappa shape index (κ2) is 72.6. The number of esters is 4. The van der Waals surface area contributed by atoms with Crippen molar-refractivity contribution in [1.29, 1.82) is 0 Å². The Bertz CT molecular complexity index is 1930. The Morgan fingerprint density at radius 3 is 0.760 bits per heavy atom. The largest absolute Gasteiger partial charge is 0.472 e. The van der Waals surface area contributed by atoms with Gasteiger partial charge in [0, 0.05) is 25.7 Å². The highest BCUT2D eigenvalue weighted by molar-refractivity contribution is 7.47.